The summed E-state index contributed by atoms with van der Waals surface area (Å²) >= 11 is 0. The number of aryl methyl sites for hydroxylation is 1. The molecular formula is C15H16N2. The third kappa shape index (κ3) is 1.70. The topological polar surface area (TPSA) is 17.3 Å². The second kappa shape index (κ2) is 4.21. The second-order valence-electron chi connectivity index (χ2n) is 4.45. The highest BCUT2D eigenvalue weighted by Crippen LogP contribution is 2.21. The minimum absolute atomic E-state index is 1.05. The number of hydrogen-bond donors (Lipinski definition) is 0. The molecule has 17 heavy (non-hydrogen) atoms. The van der Waals surface area contributed by atoms with Gasteiger partial charge in [-0.2, -0.15) is 0 Å². The van der Waals surface area contributed by atoms with Crippen molar-refractivity contribution in [1.82, 2.24) is 9.38 Å². The van der Waals surface area contributed by atoms with Crippen molar-refractivity contribution in [3.8, 4) is 0 Å². The van der Waals surface area contributed by atoms with E-state index >= 15 is 0 Å². The van der Waals surface area contributed by atoms with Crippen molar-refractivity contribution in [2.75, 3.05) is 0 Å². The van der Waals surface area contributed by atoms with Gasteiger partial charge in [0.05, 0.1) is 5.52 Å². The van der Waals surface area contributed by atoms with Crippen LogP contribution in [0.3, 0.4) is 0 Å². The van der Waals surface area contributed by atoms with E-state index in [0.717, 1.165) is 12.1 Å². The van der Waals surface area contributed by atoms with Gasteiger partial charge in [0.1, 0.15) is 5.65 Å². The lowest BCUT2D eigenvalue weighted by atomic mass is 10.1. The number of hydrogen-bond acceptors (Lipinski definition) is 1. The summed E-state index contributed by atoms with van der Waals surface area (Å²) in [7, 11) is 0. The van der Waals surface area contributed by atoms with Gasteiger partial charge in [-0.15, -0.1) is 0 Å². The molecule has 3 aromatic heterocycles. The molecule has 2 heteroatoms. The molecule has 2 nitrogen and oxygen atoms in total. The van der Waals surface area contributed by atoms with Gasteiger partial charge in [-0.1, -0.05) is 13.3 Å². The van der Waals surface area contributed by atoms with Crippen LogP contribution in [-0.4, -0.2) is 9.38 Å². The number of fused-ring (bicyclic) bond motifs is 3. The molecule has 0 unspecified atom stereocenters. The van der Waals surface area contributed by atoms with Gasteiger partial charge in [0.2, 0.25) is 0 Å². The standard InChI is InChI=1S/C15H16N2/c1-2-3-6-12-11-13-7-4-9-16-15(13)17-10-5-8-14(12)17/h4-5,7-11H,2-3,6H2,1H3. The van der Waals surface area contributed by atoms with Gasteiger partial charge in [0.15, 0.2) is 0 Å². The van der Waals surface area contributed by atoms with E-state index in [0.29, 0.717) is 0 Å². The molecule has 0 saturated heterocycles. The van der Waals surface area contributed by atoms with Gasteiger partial charge >= 0.3 is 0 Å². The molecule has 0 spiro atoms. The molecule has 0 saturated carbocycles. The molecule has 3 rings (SSSR count). The molecule has 0 fully saturated rings. The molecule has 0 aliphatic rings. The number of pyridine rings is 2. The van der Waals surface area contributed by atoms with Gasteiger partial charge in [0, 0.05) is 17.8 Å². The van der Waals surface area contributed by atoms with Gasteiger partial charge < -0.3 is 4.40 Å². The number of aromatic nitrogens is 2. The Morgan fingerprint density at radius 1 is 1.24 bits per heavy atom. The predicted molar refractivity (Wildman–Crippen MR) is 71.3 cm³/mol. The minimum Gasteiger partial charge on any atom is -0.301 e. The van der Waals surface area contributed by atoms with Crippen molar-refractivity contribution in [2.24, 2.45) is 0 Å². The Morgan fingerprint density at radius 2 is 2.18 bits per heavy atom. The van der Waals surface area contributed by atoms with Crippen molar-refractivity contribution >= 4 is 16.6 Å². The van der Waals surface area contributed by atoms with Gasteiger partial charge in [-0.25, -0.2) is 4.98 Å². The summed E-state index contributed by atoms with van der Waals surface area (Å²) in [6.45, 7) is 2.23. The van der Waals surface area contributed by atoms with E-state index in [2.05, 4.69) is 46.8 Å². The van der Waals surface area contributed by atoms with Crippen LogP contribution in [0.5, 0.6) is 0 Å². The highest BCUT2D eigenvalue weighted by Gasteiger charge is 2.05. The van der Waals surface area contributed by atoms with Crippen molar-refractivity contribution in [3.05, 3.63) is 48.3 Å². The van der Waals surface area contributed by atoms with Crippen molar-refractivity contribution < 1.29 is 0 Å². The van der Waals surface area contributed by atoms with E-state index in [-0.39, 0.29) is 0 Å². The van der Waals surface area contributed by atoms with Crippen LogP contribution in [0.4, 0.5) is 0 Å². The van der Waals surface area contributed by atoms with E-state index in [1.165, 1.54) is 29.3 Å². The highest BCUT2D eigenvalue weighted by atomic mass is 15.0. The number of nitrogens with zero attached hydrogens (tertiary/aromatic N) is 2. The molecule has 86 valence electrons. The van der Waals surface area contributed by atoms with Crippen LogP contribution in [0.2, 0.25) is 0 Å². The first-order valence-electron chi connectivity index (χ1n) is 6.24. The van der Waals surface area contributed by atoms with Crippen LogP contribution < -0.4 is 0 Å². The molecule has 0 N–H and O–H groups in total. The van der Waals surface area contributed by atoms with Crippen LogP contribution in [0.25, 0.3) is 16.6 Å². The number of unbranched alkanes of at least 4 members (excludes halogenated alkanes) is 1. The third-order valence-corrected chi connectivity index (χ3v) is 3.25. The summed E-state index contributed by atoms with van der Waals surface area (Å²) in [5.74, 6) is 0. The first kappa shape index (κ1) is 10.3. The van der Waals surface area contributed by atoms with E-state index < -0.39 is 0 Å². The molecule has 3 aromatic rings. The summed E-state index contributed by atoms with van der Waals surface area (Å²) < 4.78 is 2.19. The largest absolute Gasteiger partial charge is 0.301 e. The maximum atomic E-state index is 4.47. The quantitative estimate of drug-likeness (QED) is 0.661. The lowest BCUT2D eigenvalue weighted by molar-refractivity contribution is 0.797. The maximum absolute atomic E-state index is 4.47. The molecule has 0 aliphatic carbocycles. The van der Waals surface area contributed by atoms with Crippen LogP contribution in [0.15, 0.2) is 42.7 Å². The van der Waals surface area contributed by atoms with Crippen LogP contribution in [0.1, 0.15) is 25.3 Å². The molecular weight excluding hydrogens is 208 g/mol. The van der Waals surface area contributed by atoms with Crippen LogP contribution >= 0.6 is 0 Å². The lowest BCUT2D eigenvalue weighted by Gasteiger charge is -2.08. The smallest absolute Gasteiger partial charge is 0.144 e. The zero-order chi connectivity index (χ0) is 11.7. The second-order valence-corrected chi connectivity index (χ2v) is 4.45. The van der Waals surface area contributed by atoms with Gasteiger partial charge in [-0.05, 0) is 48.7 Å². The zero-order valence-electron chi connectivity index (χ0n) is 10.1. The monoisotopic (exact) mass is 224 g/mol. The Balaban J connectivity index is 2.28. The Hall–Kier alpha value is -1.83. The Kier molecular flexibility index (Phi) is 2.56. The summed E-state index contributed by atoms with van der Waals surface area (Å²) in [5, 5.41) is 1.22. The van der Waals surface area contributed by atoms with Crippen LogP contribution in [0, 0.1) is 0 Å². The summed E-state index contributed by atoms with van der Waals surface area (Å²) in [4.78, 5) is 4.47. The maximum Gasteiger partial charge on any atom is 0.144 e. The molecule has 0 amide bonds. The van der Waals surface area contributed by atoms with Gasteiger partial charge in [-0.3, -0.25) is 0 Å². The van der Waals surface area contributed by atoms with E-state index in [9.17, 15) is 0 Å². The molecule has 0 radical (unpaired) electrons. The van der Waals surface area contributed by atoms with Crippen LogP contribution in [-0.2, 0) is 6.42 Å². The Labute approximate surface area is 101 Å². The summed E-state index contributed by atoms with van der Waals surface area (Å²) in [5.41, 5.74) is 3.77. The Morgan fingerprint density at radius 3 is 3.06 bits per heavy atom. The minimum atomic E-state index is 1.05. The fraction of sp³-hybridized carbons (Fsp3) is 0.267. The third-order valence-electron chi connectivity index (χ3n) is 3.25. The fourth-order valence-electron chi connectivity index (χ4n) is 2.38. The lowest BCUT2D eigenvalue weighted by Crippen LogP contribution is -1.95. The SMILES string of the molecule is CCCCc1cc2cccnc2n2cccc12. The van der Waals surface area contributed by atoms with Crippen molar-refractivity contribution in [3.63, 3.8) is 0 Å². The average molecular weight is 224 g/mol. The van der Waals surface area contributed by atoms with E-state index in [4.69, 9.17) is 0 Å². The Bertz CT molecular complexity index is 652. The highest BCUT2D eigenvalue weighted by molar-refractivity contribution is 5.81. The molecule has 0 aromatic carbocycles. The number of rotatable bonds is 3. The van der Waals surface area contributed by atoms with E-state index in [1.807, 2.05) is 12.3 Å². The zero-order valence-corrected chi connectivity index (χ0v) is 10.1. The molecule has 0 bridgehead atoms. The van der Waals surface area contributed by atoms with E-state index in [1.54, 1.807) is 0 Å². The first-order chi connectivity index (χ1) is 8.40. The molecule has 0 aliphatic heterocycles. The predicted octanol–water partition coefficient (Wildman–Crippen LogP) is 3.83. The summed E-state index contributed by atoms with van der Waals surface area (Å²) in [6.07, 6.45) is 7.58. The summed E-state index contributed by atoms with van der Waals surface area (Å²) in [6, 6.07) is 10.7. The molecule has 3 heterocycles. The molecule has 0 atom stereocenters. The van der Waals surface area contributed by atoms with Crippen molar-refractivity contribution in [2.45, 2.75) is 26.2 Å². The average Bonchev–Trinajstić information content (AvgIpc) is 2.85. The fourth-order valence-corrected chi connectivity index (χ4v) is 2.38. The normalized spacial score (nSPS) is 11.4. The van der Waals surface area contributed by atoms with Crippen molar-refractivity contribution in [1.29, 1.82) is 0 Å². The van der Waals surface area contributed by atoms with Gasteiger partial charge in [0.25, 0.3) is 0 Å². The first-order valence-corrected chi connectivity index (χ1v) is 6.24.